The fraction of sp³-hybridized carbons (Fsp3) is 0.545. The van der Waals surface area contributed by atoms with Crippen LogP contribution in [0.2, 0.25) is 0 Å². The number of cyclic esters (lactones) is 2. The van der Waals surface area contributed by atoms with Crippen LogP contribution in [-0.4, -0.2) is 52.7 Å². The standard InChI is InChI=1S/C22H25F2NO7/c1-21(2,3)32-20(29)25-10-12(11-6-13(23)9-14(24)7-11)8-15(25)17(26)16-18(27)30-22(4,5)31-19(16)28/h6-7,9,12,15-16H,8,10H2,1-5H3/t12-,15?/m1/s1. The maximum Gasteiger partial charge on any atom is 0.410 e. The largest absolute Gasteiger partial charge is 0.444 e. The number of likely N-dealkylation sites (tertiary alicyclic amines) is 1. The summed E-state index contributed by atoms with van der Waals surface area (Å²) in [6, 6.07) is 1.68. The van der Waals surface area contributed by atoms with Gasteiger partial charge >= 0.3 is 18.0 Å². The first-order chi connectivity index (χ1) is 14.7. The van der Waals surface area contributed by atoms with E-state index in [1.54, 1.807) is 20.8 Å². The molecule has 3 rings (SSSR count). The van der Waals surface area contributed by atoms with Crippen LogP contribution in [-0.2, 0) is 28.6 Å². The molecular formula is C22H25F2NO7. The van der Waals surface area contributed by atoms with Crippen molar-refractivity contribution < 1.29 is 42.2 Å². The molecule has 0 aromatic heterocycles. The minimum atomic E-state index is -1.87. The Kier molecular flexibility index (Phi) is 6.01. The number of ketones is 1. The number of rotatable bonds is 3. The van der Waals surface area contributed by atoms with Crippen LogP contribution in [0.3, 0.4) is 0 Å². The van der Waals surface area contributed by atoms with E-state index in [1.807, 2.05) is 0 Å². The molecule has 8 nitrogen and oxygen atoms in total. The molecule has 2 aliphatic heterocycles. The fourth-order valence-corrected chi connectivity index (χ4v) is 3.82. The Morgan fingerprint density at radius 1 is 1.06 bits per heavy atom. The highest BCUT2D eigenvalue weighted by molar-refractivity contribution is 6.17. The van der Waals surface area contributed by atoms with Crippen LogP contribution in [0.1, 0.15) is 52.5 Å². The van der Waals surface area contributed by atoms with Crippen LogP contribution < -0.4 is 0 Å². The van der Waals surface area contributed by atoms with Gasteiger partial charge in [0, 0.05) is 32.4 Å². The van der Waals surface area contributed by atoms with Crippen molar-refractivity contribution in [3.63, 3.8) is 0 Å². The van der Waals surface area contributed by atoms with Crippen molar-refractivity contribution in [2.24, 2.45) is 5.92 Å². The molecule has 0 radical (unpaired) electrons. The van der Waals surface area contributed by atoms with E-state index in [4.69, 9.17) is 14.2 Å². The van der Waals surface area contributed by atoms with E-state index in [2.05, 4.69) is 0 Å². The third-order valence-electron chi connectivity index (χ3n) is 5.06. The van der Waals surface area contributed by atoms with Crippen LogP contribution in [0.5, 0.6) is 0 Å². The van der Waals surface area contributed by atoms with Gasteiger partial charge in [-0.2, -0.15) is 0 Å². The third-order valence-corrected chi connectivity index (χ3v) is 5.06. The fourth-order valence-electron chi connectivity index (χ4n) is 3.82. The molecule has 0 bridgehead atoms. The second kappa shape index (κ2) is 8.14. The number of carbonyl (C=O) groups excluding carboxylic acids is 4. The van der Waals surface area contributed by atoms with Crippen molar-refractivity contribution in [1.29, 1.82) is 0 Å². The molecule has 2 fully saturated rings. The summed E-state index contributed by atoms with van der Waals surface area (Å²) in [6.07, 6.45) is -0.922. The number of esters is 2. The van der Waals surface area contributed by atoms with Gasteiger partial charge in [0.2, 0.25) is 5.92 Å². The third kappa shape index (κ3) is 5.05. The Labute approximate surface area is 183 Å². The summed E-state index contributed by atoms with van der Waals surface area (Å²) in [5.74, 6) is -8.70. The minimum Gasteiger partial charge on any atom is -0.444 e. The Morgan fingerprint density at radius 3 is 2.09 bits per heavy atom. The average molecular weight is 453 g/mol. The van der Waals surface area contributed by atoms with Gasteiger partial charge in [0.05, 0.1) is 6.04 Å². The smallest absolute Gasteiger partial charge is 0.410 e. The van der Waals surface area contributed by atoms with Gasteiger partial charge < -0.3 is 14.2 Å². The van der Waals surface area contributed by atoms with Crippen LogP contribution in [0.15, 0.2) is 18.2 Å². The van der Waals surface area contributed by atoms with Crippen molar-refractivity contribution in [2.45, 2.75) is 64.4 Å². The molecular weight excluding hydrogens is 428 g/mol. The van der Waals surface area contributed by atoms with Gasteiger partial charge in [0.15, 0.2) is 5.78 Å². The summed E-state index contributed by atoms with van der Waals surface area (Å²) >= 11 is 0. The van der Waals surface area contributed by atoms with Crippen LogP contribution in [0.25, 0.3) is 0 Å². The number of ether oxygens (including phenoxy) is 3. The molecule has 1 aromatic rings. The predicted octanol–water partition coefficient (Wildman–Crippen LogP) is 3.08. The normalized spacial score (nSPS) is 23.5. The van der Waals surface area contributed by atoms with E-state index in [0.29, 0.717) is 6.07 Å². The second-order valence-corrected chi connectivity index (χ2v) is 9.36. The number of halogens is 2. The summed E-state index contributed by atoms with van der Waals surface area (Å²) < 4.78 is 42.9. The first-order valence-electron chi connectivity index (χ1n) is 10.1. The molecule has 1 unspecified atom stereocenters. The highest BCUT2D eigenvalue weighted by atomic mass is 19.1. The molecule has 32 heavy (non-hydrogen) atoms. The number of benzene rings is 1. The van der Waals surface area contributed by atoms with Crippen molar-refractivity contribution in [3.8, 4) is 0 Å². The van der Waals surface area contributed by atoms with E-state index < -0.39 is 64.7 Å². The zero-order chi connectivity index (χ0) is 24.0. The molecule has 2 heterocycles. The lowest BCUT2D eigenvalue weighted by molar-refractivity contribution is -0.238. The number of hydrogen-bond acceptors (Lipinski definition) is 7. The zero-order valence-corrected chi connectivity index (χ0v) is 18.4. The average Bonchev–Trinajstić information content (AvgIpc) is 3.03. The summed E-state index contributed by atoms with van der Waals surface area (Å²) in [4.78, 5) is 51.9. The highest BCUT2D eigenvalue weighted by Gasteiger charge is 2.53. The molecule has 174 valence electrons. The van der Waals surface area contributed by atoms with Crippen LogP contribution in [0, 0.1) is 17.6 Å². The van der Waals surface area contributed by atoms with Gasteiger partial charge in [0.25, 0.3) is 5.79 Å². The summed E-state index contributed by atoms with van der Waals surface area (Å²) in [6.45, 7) is 7.50. The topological polar surface area (TPSA) is 99.2 Å². The number of nitrogens with zero attached hydrogens (tertiary/aromatic N) is 1. The maximum atomic E-state index is 13.7. The molecule has 2 atom stereocenters. The van der Waals surface area contributed by atoms with Gasteiger partial charge in [-0.25, -0.2) is 13.6 Å². The zero-order valence-electron chi connectivity index (χ0n) is 18.4. The lowest BCUT2D eigenvalue weighted by atomic mass is 9.90. The first kappa shape index (κ1) is 23.6. The number of amides is 1. The van der Waals surface area contributed by atoms with E-state index in [-0.39, 0.29) is 18.5 Å². The van der Waals surface area contributed by atoms with Gasteiger partial charge in [-0.15, -0.1) is 0 Å². The van der Waals surface area contributed by atoms with Crippen LogP contribution >= 0.6 is 0 Å². The second-order valence-electron chi connectivity index (χ2n) is 9.36. The molecule has 1 amide bonds. The molecule has 2 saturated heterocycles. The Balaban J connectivity index is 1.92. The molecule has 0 spiro atoms. The molecule has 1 aromatic carbocycles. The minimum absolute atomic E-state index is 0.0680. The summed E-state index contributed by atoms with van der Waals surface area (Å²) in [5.41, 5.74) is -0.651. The monoisotopic (exact) mass is 453 g/mol. The number of hydrogen-bond donors (Lipinski definition) is 0. The summed E-state index contributed by atoms with van der Waals surface area (Å²) in [5, 5.41) is 0. The number of carbonyl (C=O) groups is 4. The molecule has 0 aliphatic carbocycles. The van der Waals surface area contributed by atoms with Crippen molar-refractivity contribution in [3.05, 3.63) is 35.4 Å². The Bertz CT molecular complexity index is 929. The van der Waals surface area contributed by atoms with E-state index in [0.717, 1.165) is 17.0 Å². The van der Waals surface area contributed by atoms with Crippen molar-refractivity contribution in [1.82, 2.24) is 4.90 Å². The van der Waals surface area contributed by atoms with Gasteiger partial charge in [-0.1, -0.05) is 0 Å². The number of Topliss-reactive ketones (excluding diaryl/α,β-unsaturated/α-hetero) is 1. The molecule has 10 heteroatoms. The highest BCUT2D eigenvalue weighted by Crippen LogP contribution is 2.36. The molecule has 2 aliphatic rings. The molecule has 0 saturated carbocycles. The lowest BCUT2D eigenvalue weighted by Crippen LogP contribution is -2.54. The van der Waals surface area contributed by atoms with Crippen molar-refractivity contribution in [2.75, 3.05) is 6.54 Å². The quantitative estimate of drug-likeness (QED) is 0.512. The first-order valence-corrected chi connectivity index (χ1v) is 10.1. The van der Waals surface area contributed by atoms with Gasteiger partial charge in [0.1, 0.15) is 17.2 Å². The van der Waals surface area contributed by atoms with E-state index >= 15 is 0 Å². The lowest BCUT2D eigenvalue weighted by Gasteiger charge is -2.34. The SMILES string of the molecule is CC(C)(C)OC(=O)N1C[C@H](c2cc(F)cc(F)c2)CC1C(=O)C1C(=O)OC(C)(C)OC1=O. The van der Waals surface area contributed by atoms with Gasteiger partial charge in [-0.05, 0) is 44.9 Å². The summed E-state index contributed by atoms with van der Waals surface area (Å²) in [7, 11) is 0. The predicted molar refractivity (Wildman–Crippen MR) is 105 cm³/mol. The Hall–Kier alpha value is -3.04. The Morgan fingerprint density at radius 2 is 1.59 bits per heavy atom. The van der Waals surface area contributed by atoms with Crippen LogP contribution in [0.4, 0.5) is 13.6 Å². The van der Waals surface area contributed by atoms with E-state index in [1.165, 1.54) is 13.8 Å². The van der Waals surface area contributed by atoms with Crippen molar-refractivity contribution >= 4 is 23.8 Å². The van der Waals surface area contributed by atoms with E-state index in [9.17, 15) is 28.0 Å². The molecule has 0 N–H and O–H groups in total. The maximum absolute atomic E-state index is 13.7. The van der Waals surface area contributed by atoms with Gasteiger partial charge in [-0.3, -0.25) is 19.3 Å².